The fourth-order valence-electron chi connectivity index (χ4n) is 2.77. The molecule has 10 nitrogen and oxygen atoms in total. The molecular formula is C20H40O10Si3. The van der Waals surface area contributed by atoms with E-state index in [-0.39, 0.29) is 13.2 Å². The average molecular weight is 525 g/mol. The first-order valence-corrected chi connectivity index (χ1v) is 17.3. The lowest BCUT2D eigenvalue weighted by molar-refractivity contribution is -0.139. The molecule has 0 spiro atoms. The van der Waals surface area contributed by atoms with Crippen LogP contribution in [-0.2, 0) is 45.0 Å². The highest BCUT2D eigenvalue weighted by molar-refractivity contribution is 6.82. The zero-order chi connectivity index (χ0) is 25.7. The first-order valence-electron chi connectivity index (χ1n) is 10.6. The fourth-order valence-corrected chi connectivity index (χ4v) is 13.8. The highest BCUT2D eigenvalue weighted by atomic mass is 28.5. The Morgan fingerprint density at radius 1 is 0.667 bits per heavy atom. The summed E-state index contributed by atoms with van der Waals surface area (Å²) in [5, 5.41) is 0. The third-order valence-corrected chi connectivity index (χ3v) is 15.3. The highest BCUT2D eigenvalue weighted by Crippen LogP contribution is 2.27. The van der Waals surface area contributed by atoms with Crippen LogP contribution in [0.2, 0.25) is 25.2 Å². The fraction of sp³-hybridized carbons (Fsp3) is 0.700. The first kappa shape index (κ1) is 31.8. The molecular weight excluding hydrogens is 484 g/mol. The lowest BCUT2D eigenvalue weighted by Crippen LogP contribution is -2.59. The molecule has 192 valence electrons. The SMILES string of the molecule is C=C(C)C(=O)OCCC[Si](OC)(OC)O[Si](C)(C)O[Si](CCCOC(=O)C(=C)C)(OC)OC. The van der Waals surface area contributed by atoms with E-state index in [2.05, 4.69) is 13.2 Å². The summed E-state index contributed by atoms with van der Waals surface area (Å²) in [7, 11) is -3.02. The summed E-state index contributed by atoms with van der Waals surface area (Å²) < 4.78 is 45.6. The minimum Gasteiger partial charge on any atom is -0.462 e. The van der Waals surface area contributed by atoms with Gasteiger partial charge in [-0.2, -0.15) is 0 Å². The topological polar surface area (TPSA) is 108 Å². The Hall–Kier alpha value is -1.17. The monoisotopic (exact) mass is 524 g/mol. The number of rotatable bonds is 18. The number of carbonyl (C=O) groups is 2. The van der Waals surface area contributed by atoms with Crippen LogP contribution in [0, 0.1) is 0 Å². The van der Waals surface area contributed by atoms with Gasteiger partial charge in [0.15, 0.2) is 0 Å². The van der Waals surface area contributed by atoms with Crippen molar-refractivity contribution in [2.45, 2.75) is 51.9 Å². The second kappa shape index (κ2) is 15.0. The minimum absolute atomic E-state index is 0.192. The Morgan fingerprint density at radius 2 is 0.970 bits per heavy atom. The Labute approximate surface area is 201 Å². The molecule has 0 aliphatic rings. The summed E-state index contributed by atoms with van der Waals surface area (Å²) >= 11 is 0. The zero-order valence-corrected chi connectivity index (χ0v) is 24.2. The van der Waals surface area contributed by atoms with E-state index in [0.717, 1.165) is 0 Å². The number of hydrogen-bond acceptors (Lipinski definition) is 10. The van der Waals surface area contributed by atoms with E-state index >= 15 is 0 Å². The van der Waals surface area contributed by atoms with Crippen LogP contribution in [0.3, 0.4) is 0 Å². The normalized spacial score (nSPS) is 12.4. The Kier molecular flexibility index (Phi) is 14.4. The van der Waals surface area contributed by atoms with Crippen molar-refractivity contribution < 1.29 is 45.0 Å². The molecule has 0 heterocycles. The van der Waals surface area contributed by atoms with Crippen LogP contribution < -0.4 is 0 Å². The maximum Gasteiger partial charge on any atom is 0.491 e. The molecule has 0 amide bonds. The summed E-state index contributed by atoms with van der Waals surface area (Å²) in [6.45, 7) is 14.4. The van der Waals surface area contributed by atoms with Crippen molar-refractivity contribution in [2.24, 2.45) is 0 Å². The van der Waals surface area contributed by atoms with E-state index in [9.17, 15) is 9.59 Å². The molecule has 0 aliphatic heterocycles. The van der Waals surface area contributed by atoms with Crippen LogP contribution in [0.4, 0.5) is 0 Å². The first-order chi connectivity index (χ1) is 15.3. The van der Waals surface area contributed by atoms with E-state index < -0.39 is 38.1 Å². The van der Waals surface area contributed by atoms with Crippen molar-refractivity contribution in [1.29, 1.82) is 0 Å². The van der Waals surface area contributed by atoms with Crippen LogP contribution in [0.15, 0.2) is 24.3 Å². The highest BCUT2D eigenvalue weighted by Gasteiger charge is 2.51. The van der Waals surface area contributed by atoms with Crippen LogP contribution in [0.25, 0.3) is 0 Å². The van der Waals surface area contributed by atoms with Gasteiger partial charge in [0.05, 0.1) is 13.2 Å². The number of carbonyl (C=O) groups excluding carboxylic acids is 2. The van der Waals surface area contributed by atoms with Gasteiger partial charge < -0.3 is 35.4 Å². The van der Waals surface area contributed by atoms with Gasteiger partial charge in [-0.15, -0.1) is 0 Å². The van der Waals surface area contributed by atoms with Crippen LogP contribution >= 0.6 is 0 Å². The van der Waals surface area contributed by atoms with E-state index in [1.54, 1.807) is 13.8 Å². The zero-order valence-electron chi connectivity index (χ0n) is 21.2. The molecule has 0 saturated heterocycles. The molecule has 0 aromatic carbocycles. The molecule has 0 fully saturated rings. The second-order valence-electron chi connectivity index (χ2n) is 7.83. The van der Waals surface area contributed by atoms with Gasteiger partial charge in [-0.05, 0) is 39.8 Å². The van der Waals surface area contributed by atoms with Gasteiger partial charge in [0.25, 0.3) is 0 Å². The van der Waals surface area contributed by atoms with E-state index in [0.29, 0.717) is 36.1 Å². The lowest BCUT2D eigenvalue weighted by atomic mass is 10.4. The number of hydrogen-bond donors (Lipinski definition) is 0. The van der Waals surface area contributed by atoms with Crippen LogP contribution in [-0.4, -0.2) is 79.8 Å². The van der Waals surface area contributed by atoms with E-state index in [1.807, 2.05) is 13.1 Å². The molecule has 0 rings (SSSR count). The van der Waals surface area contributed by atoms with Crippen molar-refractivity contribution in [3.63, 3.8) is 0 Å². The molecule has 0 aromatic heterocycles. The standard InChI is InChI=1S/C20H40O10Si3/c1-17(2)19(21)27-13-11-15-32(23-5,24-6)29-31(9,10)30-33(25-7,26-8)16-12-14-28-20(22)18(3)4/h1,3,11-16H2,2,4-10H3. The summed E-state index contributed by atoms with van der Waals surface area (Å²) in [6.07, 6.45) is 0.977. The molecule has 0 bridgehead atoms. The molecule has 0 aromatic rings. The molecule has 0 saturated carbocycles. The molecule has 0 N–H and O–H groups in total. The smallest absolute Gasteiger partial charge is 0.462 e. The van der Waals surface area contributed by atoms with E-state index in [1.165, 1.54) is 28.4 Å². The van der Waals surface area contributed by atoms with Crippen molar-refractivity contribution in [2.75, 3.05) is 41.7 Å². The maximum absolute atomic E-state index is 11.6. The molecule has 0 aliphatic carbocycles. The number of ether oxygens (including phenoxy) is 2. The Morgan fingerprint density at radius 3 is 1.21 bits per heavy atom. The number of esters is 2. The average Bonchev–Trinajstić information content (AvgIpc) is 2.77. The van der Waals surface area contributed by atoms with Gasteiger partial charge >= 0.3 is 38.1 Å². The predicted molar refractivity (Wildman–Crippen MR) is 130 cm³/mol. The quantitative estimate of drug-likeness (QED) is 0.115. The third-order valence-electron chi connectivity index (χ3n) is 4.46. The Balaban J connectivity index is 5.09. The van der Waals surface area contributed by atoms with Gasteiger partial charge in [-0.25, -0.2) is 9.59 Å². The lowest BCUT2D eigenvalue weighted by Gasteiger charge is -2.39. The Bertz CT molecular complexity index is 606. The molecule has 13 heteroatoms. The summed E-state index contributed by atoms with van der Waals surface area (Å²) in [6, 6.07) is 0.850. The van der Waals surface area contributed by atoms with Crippen LogP contribution in [0.5, 0.6) is 0 Å². The van der Waals surface area contributed by atoms with Gasteiger partial charge in [-0.1, -0.05) is 13.2 Å². The summed E-state index contributed by atoms with van der Waals surface area (Å²) in [5.74, 6) is -0.887. The van der Waals surface area contributed by atoms with Crippen molar-refractivity contribution >= 4 is 38.1 Å². The molecule has 0 radical (unpaired) electrons. The van der Waals surface area contributed by atoms with Crippen LogP contribution in [0.1, 0.15) is 26.7 Å². The predicted octanol–water partition coefficient (Wildman–Crippen LogP) is 3.20. The molecule has 0 unspecified atom stereocenters. The van der Waals surface area contributed by atoms with Crippen molar-refractivity contribution in [1.82, 2.24) is 0 Å². The summed E-state index contributed by atoms with van der Waals surface area (Å²) in [4.78, 5) is 23.1. The van der Waals surface area contributed by atoms with E-state index in [4.69, 9.17) is 35.4 Å². The second-order valence-corrected chi connectivity index (χ2v) is 17.6. The van der Waals surface area contributed by atoms with Gasteiger partial charge in [0.2, 0.25) is 0 Å². The van der Waals surface area contributed by atoms with Gasteiger partial charge in [0.1, 0.15) is 0 Å². The third kappa shape index (κ3) is 11.7. The van der Waals surface area contributed by atoms with Gasteiger partial charge in [0, 0.05) is 51.7 Å². The molecule has 33 heavy (non-hydrogen) atoms. The molecule has 0 atom stereocenters. The summed E-state index contributed by atoms with van der Waals surface area (Å²) in [5.41, 5.74) is 0.676. The van der Waals surface area contributed by atoms with Crippen molar-refractivity contribution in [3.8, 4) is 0 Å². The maximum atomic E-state index is 11.6. The van der Waals surface area contributed by atoms with Gasteiger partial charge in [-0.3, -0.25) is 0 Å². The van der Waals surface area contributed by atoms with Crippen molar-refractivity contribution in [3.05, 3.63) is 24.3 Å². The largest absolute Gasteiger partial charge is 0.491 e. The minimum atomic E-state index is -3.11.